The van der Waals surface area contributed by atoms with Crippen LogP contribution in [0.5, 0.6) is 5.75 Å². The molecule has 0 aliphatic carbocycles. The lowest BCUT2D eigenvalue weighted by Crippen LogP contribution is -2.06. The highest BCUT2D eigenvalue weighted by molar-refractivity contribution is 14.1. The third-order valence-corrected chi connectivity index (χ3v) is 3.88. The topological polar surface area (TPSA) is 46.5 Å². The number of hydrogen-bond donors (Lipinski definition) is 1. The molecule has 0 radical (unpaired) electrons. The number of alkyl halides is 1. The molecular weight excluding hydrogens is 367 g/mol. The molecule has 0 aromatic heterocycles. The molecule has 0 unspecified atom stereocenters. The zero-order valence-corrected chi connectivity index (χ0v) is 14.0. The van der Waals surface area contributed by atoms with Gasteiger partial charge >= 0.3 is 5.97 Å². The summed E-state index contributed by atoms with van der Waals surface area (Å²) >= 11 is 2.42. The number of carbonyl (C=O) groups excluding carboxylic acids is 1. The lowest BCUT2D eigenvalue weighted by Gasteiger charge is -2.05. The molecule has 0 bridgehead atoms. The molecule has 4 heteroatoms. The van der Waals surface area contributed by atoms with Crippen LogP contribution in [0, 0.1) is 0 Å². The van der Waals surface area contributed by atoms with E-state index in [4.69, 9.17) is 9.84 Å². The molecular formula is C16H23IO3. The second-order valence-corrected chi connectivity index (χ2v) is 5.93. The van der Waals surface area contributed by atoms with Gasteiger partial charge in [0.2, 0.25) is 0 Å². The molecule has 0 fully saturated rings. The molecule has 20 heavy (non-hydrogen) atoms. The first-order valence-electron chi connectivity index (χ1n) is 7.26. The summed E-state index contributed by atoms with van der Waals surface area (Å²) in [6.07, 6.45) is 8.52. The lowest BCUT2D eigenvalue weighted by atomic mass is 10.1. The zero-order chi connectivity index (χ0) is 14.6. The van der Waals surface area contributed by atoms with Crippen LogP contribution in [-0.4, -0.2) is 22.1 Å². The van der Waals surface area contributed by atoms with Gasteiger partial charge in [0, 0.05) is 0 Å². The van der Waals surface area contributed by atoms with Gasteiger partial charge in [-0.05, 0) is 41.5 Å². The van der Waals surface area contributed by atoms with E-state index in [1.807, 2.05) is 0 Å². The third kappa shape index (κ3) is 7.72. The Morgan fingerprint density at radius 1 is 0.950 bits per heavy atom. The summed E-state index contributed by atoms with van der Waals surface area (Å²) < 4.78 is 6.45. The minimum Gasteiger partial charge on any atom is -0.508 e. The fourth-order valence-corrected chi connectivity index (χ4v) is 2.47. The Kier molecular flexibility index (Phi) is 9.45. The highest BCUT2D eigenvalue weighted by atomic mass is 127. The fraction of sp³-hybridized carbons (Fsp3) is 0.562. The minimum atomic E-state index is -0.313. The normalized spacial score (nSPS) is 10.4. The first-order chi connectivity index (χ1) is 9.74. The van der Waals surface area contributed by atoms with Gasteiger partial charge in [0.15, 0.2) is 0 Å². The molecule has 0 saturated carbocycles. The number of ether oxygens (including phenoxy) is 1. The minimum absolute atomic E-state index is 0.157. The largest absolute Gasteiger partial charge is 0.508 e. The van der Waals surface area contributed by atoms with E-state index in [0.717, 1.165) is 12.8 Å². The zero-order valence-electron chi connectivity index (χ0n) is 11.8. The van der Waals surface area contributed by atoms with Crippen molar-refractivity contribution in [3.63, 3.8) is 0 Å². The maximum absolute atomic E-state index is 11.7. The number of benzene rings is 1. The van der Waals surface area contributed by atoms with E-state index in [1.165, 1.54) is 48.7 Å². The van der Waals surface area contributed by atoms with Gasteiger partial charge < -0.3 is 9.84 Å². The molecule has 0 aliphatic heterocycles. The Bertz CT molecular complexity index is 376. The highest BCUT2D eigenvalue weighted by Crippen LogP contribution is 2.11. The Labute approximate surface area is 134 Å². The first kappa shape index (κ1) is 17.3. The van der Waals surface area contributed by atoms with Gasteiger partial charge in [-0.3, -0.25) is 0 Å². The number of rotatable bonds is 10. The molecule has 1 rings (SSSR count). The molecule has 0 heterocycles. The first-order valence-corrected chi connectivity index (χ1v) is 8.78. The van der Waals surface area contributed by atoms with E-state index >= 15 is 0 Å². The standard InChI is InChI=1S/C16H23IO3/c17-12-6-4-2-1-3-5-7-13-20-16(19)14-8-10-15(18)11-9-14/h8-11,18H,1-7,12-13H2. The van der Waals surface area contributed by atoms with Crippen LogP contribution in [0.25, 0.3) is 0 Å². The molecule has 112 valence electrons. The Balaban J connectivity index is 2.01. The van der Waals surface area contributed by atoms with Gasteiger partial charge in [-0.15, -0.1) is 0 Å². The number of phenols is 1. The van der Waals surface area contributed by atoms with Crippen molar-refractivity contribution in [1.82, 2.24) is 0 Å². The van der Waals surface area contributed by atoms with Crippen molar-refractivity contribution >= 4 is 28.6 Å². The van der Waals surface area contributed by atoms with Crippen molar-refractivity contribution in [2.24, 2.45) is 0 Å². The number of aromatic hydroxyl groups is 1. The maximum atomic E-state index is 11.7. The second-order valence-electron chi connectivity index (χ2n) is 4.85. The SMILES string of the molecule is O=C(OCCCCCCCCCI)c1ccc(O)cc1. The van der Waals surface area contributed by atoms with E-state index in [0.29, 0.717) is 12.2 Å². The van der Waals surface area contributed by atoms with E-state index in [9.17, 15) is 4.79 Å². The highest BCUT2D eigenvalue weighted by Gasteiger charge is 2.06. The van der Waals surface area contributed by atoms with Crippen molar-refractivity contribution < 1.29 is 14.6 Å². The quantitative estimate of drug-likeness (QED) is 0.272. The van der Waals surface area contributed by atoms with Crippen molar-refractivity contribution in [1.29, 1.82) is 0 Å². The molecule has 0 amide bonds. The van der Waals surface area contributed by atoms with Gasteiger partial charge in [0.05, 0.1) is 12.2 Å². The van der Waals surface area contributed by atoms with Crippen LogP contribution in [0.3, 0.4) is 0 Å². The van der Waals surface area contributed by atoms with Crippen LogP contribution in [0.1, 0.15) is 55.3 Å². The summed E-state index contributed by atoms with van der Waals surface area (Å²) in [5.74, 6) is -0.156. The van der Waals surface area contributed by atoms with Gasteiger partial charge in [0.25, 0.3) is 0 Å². The number of hydrogen-bond acceptors (Lipinski definition) is 3. The molecule has 1 N–H and O–H groups in total. The summed E-state index contributed by atoms with van der Waals surface area (Å²) in [7, 11) is 0. The van der Waals surface area contributed by atoms with Crippen molar-refractivity contribution in [3.8, 4) is 5.75 Å². The van der Waals surface area contributed by atoms with E-state index in [2.05, 4.69) is 22.6 Å². The van der Waals surface area contributed by atoms with Crippen LogP contribution in [0.2, 0.25) is 0 Å². The second kappa shape index (κ2) is 10.9. The molecule has 0 saturated heterocycles. The van der Waals surface area contributed by atoms with Crippen molar-refractivity contribution in [2.45, 2.75) is 44.9 Å². The van der Waals surface area contributed by atoms with Gasteiger partial charge in [0.1, 0.15) is 5.75 Å². The number of unbranched alkanes of at least 4 members (excludes halogenated alkanes) is 6. The number of halogens is 1. The van der Waals surface area contributed by atoms with Crippen molar-refractivity contribution in [2.75, 3.05) is 11.0 Å². The predicted molar refractivity (Wildman–Crippen MR) is 89.6 cm³/mol. The van der Waals surface area contributed by atoms with Crippen LogP contribution in [0.15, 0.2) is 24.3 Å². The van der Waals surface area contributed by atoms with Gasteiger partial charge in [-0.2, -0.15) is 0 Å². The van der Waals surface area contributed by atoms with Crippen LogP contribution >= 0.6 is 22.6 Å². The van der Waals surface area contributed by atoms with Crippen LogP contribution in [0.4, 0.5) is 0 Å². The van der Waals surface area contributed by atoms with Crippen LogP contribution in [-0.2, 0) is 4.74 Å². The maximum Gasteiger partial charge on any atom is 0.338 e. The molecule has 3 nitrogen and oxygen atoms in total. The lowest BCUT2D eigenvalue weighted by molar-refractivity contribution is 0.0497. The average molecular weight is 390 g/mol. The summed E-state index contributed by atoms with van der Waals surface area (Å²) in [5.41, 5.74) is 0.488. The van der Waals surface area contributed by atoms with Gasteiger partial charge in [-0.25, -0.2) is 4.79 Å². The average Bonchev–Trinajstić information content (AvgIpc) is 2.46. The molecule has 1 aromatic rings. The summed E-state index contributed by atoms with van der Waals surface area (Å²) in [6, 6.07) is 6.13. The predicted octanol–water partition coefficient (Wildman–Crippen LogP) is 4.71. The van der Waals surface area contributed by atoms with Crippen LogP contribution < -0.4 is 0 Å². The summed E-state index contributed by atoms with van der Waals surface area (Å²) in [4.78, 5) is 11.7. The smallest absolute Gasteiger partial charge is 0.338 e. The van der Waals surface area contributed by atoms with E-state index < -0.39 is 0 Å². The Morgan fingerprint density at radius 3 is 2.10 bits per heavy atom. The molecule has 1 aromatic carbocycles. The summed E-state index contributed by atoms with van der Waals surface area (Å²) in [6.45, 7) is 0.480. The number of phenolic OH excluding ortho intramolecular Hbond substituents is 1. The fourth-order valence-electron chi connectivity index (χ4n) is 1.93. The number of carbonyl (C=O) groups is 1. The van der Waals surface area contributed by atoms with Crippen molar-refractivity contribution in [3.05, 3.63) is 29.8 Å². The number of esters is 1. The summed E-state index contributed by atoms with van der Waals surface area (Å²) in [5, 5.41) is 9.14. The van der Waals surface area contributed by atoms with E-state index in [-0.39, 0.29) is 11.7 Å². The molecule has 0 atom stereocenters. The molecule has 0 spiro atoms. The Hall–Kier alpha value is -0.780. The third-order valence-electron chi connectivity index (χ3n) is 3.11. The molecule has 0 aliphatic rings. The Morgan fingerprint density at radius 2 is 1.50 bits per heavy atom. The monoisotopic (exact) mass is 390 g/mol. The van der Waals surface area contributed by atoms with E-state index in [1.54, 1.807) is 12.1 Å². The van der Waals surface area contributed by atoms with Gasteiger partial charge in [-0.1, -0.05) is 54.7 Å².